The highest BCUT2D eigenvalue weighted by molar-refractivity contribution is 7.84. The van der Waals surface area contributed by atoms with Crippen LogP contribution >= 0.6 is 24.2 Å². The van der Waals surface area contributed by atoms with Crippen molar-refractivity contribution in [3.8, 4) is 6.07 Å². The Morgan fingerprint density at radius 2 is 2.00 bits per heavy atom. The SMILES string of the molecule is N#CC1=C(S)NC2=C(C(=O)CCC2)C1c1ccc(Cl)cc1. The largest absolute Gasteiger partial charge is 0.353 e. The summed E-state index contributed by atoms with van der Waals surface area (Å²) in [6.07, 6.45) is 2.18. The summed E-state index contributed by atoms with van der Waals surface area (Å²) in [4.78, 5) is 12.4. The number of carbonyl (C=O) groups excluding carboxylic acids is 1. The molecule has 1 heterocycles. The van der Waals surface area contributed by atoms with Crippen LogP contribution in [-0.4, -0.2) is 5.78 Å². The van der Waals surface area contributed by atoms with Gasteiger partial charge < -0.3 is 5.32 Å². The van der Waals surface area contributed by atoms with Gasteiger partial charge in [-0.05, 0) is 30.5 Å². The van der Waals surface area contributed by atoms with Gasteiger partial charge in [0.05, 0.1) is 22.6 Å². The molecule has 0 fully saturated rings. The first-order valence-corrected chi connectivity index (χ1v) is 7.56. The lowest BCUT2D eigenvalue weighted by Crippen LogP contribution is -2.30. The lowest BCUT2D eigenvalue weighted by atomic mass is 9.77. The van der Waals surface area contributed by atoms with Crippen LogP contribution in [0.4, 0.5) is 0 Å². The first-order valence-electron chi connectivity index (χ1n) is 6.73. The summed E-state index contributed by atoms with van der Waals surface area (Å²) in [5, 5.41) is 13.7. The van der Waals surface area contributed by atoms with E-state index in [2.05, 4.69) is 24.0 Å². The van der Waals surface area contributed by atoms with E-state index in [0.29, 0.717) is 27.6 Å². The first-order chi connectivity index (χ1) is 10.1. The van der Waals surface area contributed by atoms with Crippen molar-refractivity contribution in [3.05, 3.63) is 56.7 Å². The molecule has 1 unspecified atom stereocenters. The number of rotatable bonds is 1. The summed E-state index contributed by atoms with van der Waals surface area (Å²) in [5.74, 6) is -0.235. The smallest absolute Gasteiger partial charge is 0.161 e. The maximum atomic E-state index is 12.4. The predicted molar refractivity (Wildman–Crippen MR) is 84.8 cm³/mol. The van der Waals surface area contributed by atoms with Gasteiger partial charge in [-0.15, -0.1) is 12.6 Å². The molecule has 3 nitrogen and oxygen atoms in total. The minimum atomic E-state index is -0.344. The average Bonchev–Trinajstić information content (AvgIpc) is 2.47. The minimum absolute atomic E-state index is 0.109. The molecule has 2 aliphatic rings. The molecule has 0 spiro atoms. The average molecular weight is 317 g/mol. The van der Waals surface area contributed by atoms with Crippen LogP contribution in [0.15, 0.2) is 46.1 Å². The van der Waals surface area contributed by atoms with Crippen molar-refractivity contribution in [1.29, 1.82) is 5.26 Å². The molecule has 1 N–H and O–H groups in total. The lowest BCUT2D eigenvalue weighted by Gasteiger charge is -2.32. The molecule has 21 heavy (non-hydrogen) atoms. The molecule has 0 saturated carbocycles. The van der Waals surface area contributed by atoms with Gasteiger partial charge in [0.2, 0.25) is 0 Å². The number of nitriles is 1. The zero-order valence-corrected chi connectivity index (χ0v) is 12.8. The van der Waals surface area contributed by atoms with Crippen LogP contribution in [0, 0.1) is 11.3 Å². The van der Waals surface area contributed by atoms with Crippen LogP contribution in [0.3, 0.4) is 0 Å². The minimum Gasteiger partial charge on any atom is -0.353 e. The summed E-state index contributed by atoms with van der Waals surface area (Å²) in [6, 6.07) is 9.48. The number of nitrogens with zero attached hydrogens (tertiary/aromatic N) is 1. The van der Waals surface area contributed by atoms with Crippen LogP contribution in [0.2, 0.25) is 5.02 Å². The zero-order chi connectivity index (χ0) is 15.0. The van der Waals surface area contributed by atoms with Gasteiger partial charge in [0.15, 0.2) is 5.78 Å². The molecule has 1 aromatic carbocycles. The van der Waals surface area contributed by atoms with E-state index in [1.165, 1.54) is 0 Å². The highest BCUT2D eigenvalue weighted by Crippen LogP contribution is 2.42. The quantitative estimate of drug-likeness (QED) is 0.777. The number of Topliss-reactive ketones (excluding diaryl/α,β-unsaturated/α-hetero) is 1. The fourth-order valence-corrected chi connectivity index (χ4v) is 3.37. The molecule has 3 rings (SSSR count). The number of dihydropyridines is 1. The van der Waals surface area contributed by atoms with Gasteiger partial charge in [-0.25, -0.2) is 0 Å². The van der Waals surface area contributed by atoms with Gasteiger partial charge in [-0.1, -0.05) is 23.7 Å². The number of allylic oxidation sites excluding steroid dienone is 3. The van der Waals surface area contributed by atoms with Crippen molar-refractivity contribution in [2.24, 2.45) is 0 Å². The lowest BCUT2D eigenvalue weighted by molar-refractivity contribution is -0.116. The van der Waals surface area contributed by atoms with Crippen LogP contribution in [-0.2, 0) is 4.79 Å². The molecule has 0 bridgehead atoms. The predicted octanol–water partition coefficient (Wildman–Crippen LogP) is 3.70. The van der Waals surface area contributed by atoms with Gasteiger partial charge in [-0.3, -0.25) is 4.79 Å². The van der Waals surface area contributed by atoms with E-state index < -0.39 is 0 Å². The van der Waals surface area contributed by atoms with Crippen LogP contribution in [0.25, 0.3) is 0 Å². The number of thiol groups is 1. The molecule has 0 radical (unpaired) electrons. The highest BCUT2D eigenvalue weighted by Gasteiger charge is 2.35. The fourth-order valence-electron chi connectivity index (χ4n) is 2.93. The van der Waals surface area contributed by atoms with Crippen molar-refractivity contribution in [1.82, 2.24) is 5.32 Å². The Balaban J connectivity index is 2.17. The number of hydrogen-bond donors (Lipinski definition) is 2. The Morgan fingerprint density at radius 3 is 2.67 bits per heavy atom. The Morgan fingerprint density at radius 1 is 1.29 bits per heavy atom. The topological polar surface area (TPSA) is 52.9 Å². The monoisotopic (exact) mass is 316 g/mol. The summed E-state index contributed by atoms with van der Waals surface area (Å²) in [6.45, 7) is 0. The van der Waals surface area contributed by atoms with E-state index in [-0.39, 0.29) is 11.7 Å². The third-order valence-corrected chi connectivity index (χ3v) is 4.49. The molecule has 0 amide bonds. The molecule has 0 saturated heterocycles. The molecule has 1 atom stereocenters. The van der Waals surface area contributed by atoms with Crippen molar-refractivity contribution < 1.29 is 4.79 Å². The maximum Gasteiger partial charge on any atom is 0.161 e. The number of ketones is 1. The van der Waals surface area contributed by atoms with E-state index in [4.69, 9.17) is 11.6 Å². The molecule has 1 aromatic rings. The van der Waals surface area contributed by atoms with Gasteiger partial charge in [0, 0.05) is 22.7 Å². The fraction of sp³-hybridized carbons (Fsp3) is 0.250. The molecule has 0 aromatic heterocycles. The summed E-state index contributed by atoms with van der Waals surface area (Å²) in [5.41, 5.74) is 2.98. The summed E-state index contributed by atoms with van der Waals surface area (Å²) in [7, 11) is 0. The molecular formula is C16H13ClN2OS. The number of halogens is 1. The van der Waals surface area contributed by atoms with Crippen LogP contribution in [0.5, 0.6) is 0 Å². The van der Waals surface area contributed by atoms with Gasteiger partial charge >= 0.3 is 0 Å². The van der Waals surface area contributed by atoms with E-state index in [1.54, 1.807) is 12.1 Å². The Labute approximate surface area is 133 Å². The Kier molecular flexibility index (Phi) is 3.79. The molecule has 106 valence electrons. The van der Waals surface area contributed by atoms with Gasteiger partial charge in [0.25, 0.3) is 0 Å². The Hall–Kier alpha value is -1.70. The second kappa shape index (κ2) is 5.59. The first kappa shape index (κ1) is 14.2. The third-order valence-electron chi connectivity index (χ3n) is 3.88. The van der Waals surface area contributed by atoms with E-state index in [1.807, 2.05) is 12.1 Å². The number of nitrogens with one attached hydrogen (secondary N) is 1. The third kappa shape index (κ3) is 2.48. The summed E-state index contributed by atoms with van der Waals surface area (Å²) >= 11 is 10.3. The molecule has 1 aliphatic carbocycles. The number of carbonyl (C=O) groups is 1. The van der Waals surface area contributed by atoms with Crippen molar-refractivity contribution in [2.45, 2.75) is 25.2 Å². The molecule has 1 aliphatic heterocycles. The molecular weight excluding hydrogens is 304 g/mol. The van der Waals surface area contributed by atoms with E-state index in [9.17, 15) is 10.1 Å². The zero-order valence-electron chi connectivity index (χ0n) is 11.2. The molecule has 5 heteroatoms. The van der Waals surface area contributed by atoms with Crippen molar-refractivity contribution in [2.75, 3.05) is 0 Å². The number of hydrogen-bond acceptors (Lipinski definition) is 4. The standard InChI is InChI=1S/C16H13ClN2OS/c17-10-6-4-9(5-7-10)14-11(8-18)16(21)19-12-2-1-3-13(20)15(12)14/h4-7,14,19,21H,1-3H2. The van der Waals surface area contributed by atoms with Crippen molar-refractivity contribution >= 4 is 30.0 Å². The maximum absolute atomic E-state index is 12.4. The second-order valence-corrected chi connectivity index (χ2v) is 6.04. The van der Waals surface area contributed by atoms with Crippen LogP contribution in [0.1, 0.15) is 30.7 Å². The van der Waals surface area contributed by atoms with Crippen molar-refractivity contribution in [3.63, 3.8) is 0 Å². The van der Waals surface area contributed by atoms with Gasteiger partial charge in [-0.2, -0.15) is 5.26 Å². The second-order valence-electron chi connectivity index (χ2n) is 5.15. The van der Waals surface area contributed by atoms with Gasteiger partial charge in [0.1, 0.15) is 0 Å². The van der Waals surface area contributed by atoms with E-state index >= 15 is 0 Å². The number of benzene rings is 1. The summed E-state index contributed by atoms with van der Waals surface area (Å²) < 4.78 is 0. The van der Waals surface area contributed by atoms with Crippen LogP contribution < -0.4 is 5.32 Å². The Bertz CT molecular complexity index is 713. The highest BCUT2D eigenvalue weighted by atomic mass is 35.5. The normalized spacial score (nSPS) is 21.8. The van der Waals surface area contributed by atoms with E-state index in [0.717, 1.165) is 24.1 Å².